The van der Waals surface area contributed by atoms with E-state index >= 15 is 0 Å². The van der Waals surface area contributed by atoms with Gasteiger partial charge in [0, 0.05) is 18.0 Å². The molecule has 1 amide bonds. The van der Waals surface area contributed by atoms with Gasteiger partial charge in [0.05, 0.1) is 16.2 Å². The second-order valence-corrected chi connectivity index (χ2v) is 11.3. The Morgan fingerprint density at radius 2 is 1.56 bits per heavy atom. The molecule has 39 heavy (non-hydrogen) atoms. The number of ether oxygens (including phenoxy) is 1. The van der Waals surface area contributed by atoms with Crippen LogP contribution in [0.5, 0.6) is 0 Å². The summed E-state index contributed by atoms with van der Waals surface area (Å²) in [4.78, 5) is 24.3. The highest BCUT2D eigenvalue weighted by Gasteiger charge is 2.52. The first-order valence-electron chi connectivity index (χ1n) is 13.0. The van der Waals surface area contributed by atoms with Gasteiger partial charge in [-0.25, -0.2) is 4.79 Å². The molecule has 8 heteroatoms. The van der Waals surface area contributed by atoms with Crippen LogP contribution in [0.2, 0.25) is 5.02 Å². The van der Waals surface area contributed by atoms with Gasteiger partial charge in [0.1, 0.15) is 6.61 Å². The van der Waals surface area contributed by atoms with Crippen molar-refractivity contribution in [3.05, 3.63) is 99.5 Å². The minimum Gasteiger partial charge on any atom is -0.449 e. The summed E-state index contributed by atoms with van der Waals surface area (Å²) in [5.74, 6) is -0.0305. The van der Waals surface area contributed by atoms with Gasteiger partial charge in [-0.05, 0) is 73.1 Å². The fraction of sp³-hybridized carbons (Fsp3) is 0.290. The minimum absolute atomic E-state index is 0.0305. The Morgan fingerprint density at radius 3 is 2.15 bits per heavy atom. The smallest absolute Gasteiger partial charge is 0.449 e. The largest absolute Gasteiger partial charge is 0.492 e. The number of carbonyl (C=O) groups is 2. The number of alkyl carbamates (subject to hydrolysis) is 1. The van der Waals surface area contributed by atoms with Gasteiger partial charge in [-0.15, -0.1) is 0 Å². The standard InChI is InChI=1S/C31H31BClNO5/c1-30(2)31(3,4)39-32(38-30)22(16-20-13-14-28(33)21(15-20)18-35)17-34-29(36)37-19-27-25-11-7-5-9-23(25)24-10-6-8-12-26(24)27/h5-16,18,27H,17,19H2,1-4H3,(H,34,36). The monoisotopic (exact) mass is 543 g/mol. The predicted octanol–water partition coefficient (Wildman–Crippen LogP) is 6.71. The van der Waals surface area contributed by atoms with Gasteiger partial charge in [-0.2, -0.15) is 0 Å². The van der Waals surface area contributed by atoms with Gasteiger partial charge >= 0.3 is 13.2 Å². The lowest BCUT2D eigenvalue weighted by Crippen LogP contribution is -2.41. The number of rotatable bonds is 7. The van der Waals surface area contributed by atoms with Crippen molar-refractivity contribution in [2.45, 2.75) is 44.8 Å². The van der Waals surface area contributed by atoms with Crippen molar-refractivity contribution in [2.24, 2.45) is 0 Å². The van der Waals surface area contributed by atoms with Gasteiger partial charge in [0.25, 0.3) is 0 Å². The molecule has 200 valence electrons. The number of amides is 1. The highest BCUT2D eigenvalue weighted by atomic mass is 35.5. The third-order valence-electron chi connectivity index (χ3n) is 7.84. The molecule has 1 heterocycles. The number of carbonyl (C=O) groups excluding carboxylic acids is 2. The molecule has 0 spiro atoms. The quantitative estimate of drug-likeness (QED) is 0.265. The van der Waals surface area contributed by atoms with E-state index in [1.807, 2.05) is 58.0 Å². The molecular formula is C31H31BClNO5. The first kappa shape index (κ1) is 27.2. The molecule has 0 saturated carbocycles. The van der Waals surface area contributed by atoms with Gasteiger partial charge in [0.2, 0.25) is 0 Å². The average molecular weight is 544 g/mol. The topological polar surface area (TPSA) is 73.9 Å². The number of aldehydes is 1. The van der Waals surface area contributed by atoms with Crippen molar-refractivity contribution >= 4 is 37.2 Å². The molecule has 1 N–H and O–H groups in total. The van der Waals surface area contributed by atoms with Crippen LogP contribution in [0.15, 0.2) is 72.2 Å². The molecule has 0 radical (unpaired) electrons. The molecule has 3 aromatic carbocycles. The second kappa shape index (κ2) is 10.6. The van der Waals surface area contributed by atoms with Gasteiger partial charge in [0.15, 0.2) is 6.29 Å². The second-order valence-electron chi connectivity index (χ2n) is 10.9. The third-order valence-corrected chi connectivity index (χ3v) is 8.18. The first-order chi connectivity index (χ1) is 18.6. The minimum atomic E-state index is -0.695. The fourth-order valence-corrected chi connectivity index (χ4v) is 5.14. The van der Waals surface area contributed by atoms with E-state index in [1.54, 1.807) is 18.2 Å². The summed E-state index contributed by atoms with van der Waals surface area (Å²) >= 11 is 6.11. The zero-order valence-corrected chi connectivity index (χ0v) is 23.2. The molecule has 0 unspecified atom stereocenters. The Morgan fingerprint density at radius 1 is 0.974 bits per heavy atom. The Kier molecular flexibility index (Phi) is 7.42. The van der Waals surface area contributed by atoms with Crippen molar-refractivity contribution in [3.63, 3.8) is 0 Å². The molecule has 1 aliphatic carbocycles. The lowest BCUT2D eigenvalue weighted by molar-refractivity contribution is 0.00578. The summed E-state index contributed by atoms with van der Waals surface area (Å²) in [5.41, 5.74) is 5.32. The van der Waals surface area contributed by atoms with E-state index < -0.39 is 24.4 Å². The summed E-state index contributed by atoms with van der Waals surface area (Å²) in [6.07, 6.45) is 2.02. The summed E-state index contributed by atoms with van der Waals surface area (Å²) in [5, 5.41) is 3.23. The van der Waals surface area contributed by atoms with E-state index in [1.165, 1.54) is 11.1 Å². The maximum Gasteiger partial charge on any atom is 0.492 e. The highest BCUT2D eigenvalue weighted by Crippen LogP contribution is 2.44. The van der Waals surface area contributed by atoms with Crippen LogP contribution >= 0.6 is 11.6 Å². The average Bonchev–Trinajstić information content (AvgIpc) is 3.35. The maximum absolute atomic E-state index is 12.9. The molecule has 1 saturated heterocycles. The van der Waals surface area contributed by atoms with Crippen LogP contribution in [0.4, 0.5) is 4.79 Å². The van der Waals surface area contributed by atoms with Crippen LogP contribution in [0, 0.1) is 0 Å². The predicted molar refractivity (Wildman–Crippen MR) is 154 cm³/mol. The lowest BCUT2D eigenvalue weighted by atomic mass is 9.77. The van der Waals surface area contributed by atoms with E-state index in [4.69, 9.17) is 25.6 Å². The molecule has 0 aromatic heterocycles. The summed E-state index contributed by atoms with van der Waals surface area (Å²) in [6.45, 7) is 8.22. The number of halogens is 1. The molecule has 0 atom stereocenters. The fourth-order valence-electron chi connectivity index (χ4n) is 4.98. The van der Waals surface area contributed by atoms with Crippen molar-refractivity contribution in [2.75, 3.05) is 13.2 Å². The van der Waals surface area contributed by atoms with E-state index in [-0.39, 0.29) is 19.1 Å². The van der Waals surface area contributed by atoms with E-state index in [0.717, 1.165) is 16.7 Å². The summed E-state index contributed by atoms with van der Waals surface area (Å²) in [6, 6.07) is 21.6. The van der Waals surface area contributed by atoms with Crippen molar-refractivity contribution in [3.8, 4) is 11.1 Å². The Balaban J connectivity index is 1.32. The van der Waals surface area contributed by atoms with Gasteiger partial charge < -0.3 is 19.4 Å². The molecular weight excluding hydrogens is 513 g/mol. The van der Waals surface area contributed by atoms with Gasteiger partial charge in [-0.3, -0.25) is 4.79 Å². The van der Waals surface area contributed by atoms with Crippen LogP contribution in [-0.2, 0) is 14.0 Å². The van der Waals surface area contributed by atoms with Crippen molar-refractivity contribution < 1.29 is 23.6 Å². The highest BCUT2D eigenvalue weighted by molar-refractivity contribution is 6.56. The lowest BCUT2D eigenvalue weighted by Gasteiger charge is -2.32. The van der Waals surface area contributed by atoms with Crippen LogP contribution in [-0.4, -0.2) is 43.9 Å². The number of benzene rings is 3. The van der Waals surface area contributed by atoms with E-state index in [0.29, 0.717) is 22.3 Å². The van der Waals surface area contributed by atoms with Crippen LogP contribution < -0.4 is 5.32 Å². The molecule has 2 aliphatic rings. The zero-order valence-electron chi connectivity index (χ0n) is 22.5. The molecule has 3 aromatic rings. The normalized spacial score (nSPS) is 17.5. The molecule has 5 rings (SSSR count). The summed E-state index contributed by atoms with van der Waals surface area (Å²) in [7, 11) is -0.695. The number of hydrogen-bond acceptors (Lipinski definition) is 5. The first-order valence-corrected chi connectivity index (χ1v) is 13.4. The Bertz CT molecular complexity index is 1390. The maximum atomic E-state index is 12.9. The zero-order chi connectivity index (χ0) is 27.8. The third kappa shape index (κ3) is 5.39. The SMILES string of the molecule is CC1(C)OB(C(=Cc2ccc(Cl)c(C=O)c2)CNC(=O)OCC2c3ccccc3-c3ccccc32)OC1(C)C. The Labute approximate surface area is 234 Å². The van der Waals surface area contributed by atoms with Crippen molar-refractivity contribution in [1.82, 2.24) is 5.32 Å². The number of nitrogens with one attached hydrogen (secondary N) is 1. The van der Waals surface area contributed by atoms with E-state index in [9.17, 15) is 9.59 Å². The van der Waals surface area contributed by atoms with E-state index in [2.05, 4.69) is 29.6 Å². The Hall–Kier alpha value is -3.39. The van der Waals surface area contributed by atoms with Crippen molar-refractivity contribution in [1.29, 1.82) is 0 Å². The number of fused-ring (bicyclic) bond motifs is 3. The molecule has 6 nitrogen and oxygen atoms in total. The molecule has 0 bridgehead atoms. The molecule has 1 aliphatic heterocycles. The van der Waals surface area contributed by atoms with Gasteiger partial charge in [-0.1, -0.05) is 72.3 Å². The van der Waals surface area contributed by atoms with Crippen LogP contribution in [0.1, 0.15) is 60.7 Å². The van der Waals surface area contributed by atoms with Crippen LogP contribution in [0.3, 0.4) is 0 Å². The van der Waals surface area contributed by atoms with Crippen LogP contribution in [0.25, 0.3) is 17.2 Å². The summed E-state index contributed by atoms with van der Waals surface area (Å²) < 4.78 is 18.2. The molecule has 1 fully saturated rings. The number of hydrogen-bond donors (Lipinski definition) is 1.